The Kier molecular flexibility index (Phi) is 8.50. The third kappa shape index (κ3) is 8.26. The number of rotatable bonds is 5. The zero-order valence-corrected chi connectivity index (χ0v) is 7.21. The maximum atomic E-state index is 5.30. The van der Waals surface area contributed by atoms with E-state index >= 15 is 0 Å². The first-order chi connectivity index (χ1) is 4.41. The minimum atomic E-state index is 0.809. The van der Waals surface area contributed by atoms with Crippen molar-refractivity contribution in [2.24, 2.45) is 5.73 Å². The van der Waals surface area contributed by atoms with Gasteiger partial charge in [-0.05, 0) is 18.8 Å². The van der Waals surface area contributed by atoms with Crippen molar-refractivity contribution in [1.82, 2.24) is 0 Å². The highest BCUT2D eigenvalue weighted by Crippen LogP contribution is 2.27. The van der Waals surface area contributed by atoms with Crippen LogP contribution in [-0.4, -0.2) is 18.5 Å². The lowest BCUT2D eigenvalue weighted by Gasteiger charge is -1.92. The topological polar surface area (TPSA) is 26.0 Å². The zero-order valence-electron chi connectivity index (χ0n) is 5.39. The highest BCUT2D eigenvalue weighted by atomic mass is 32.7. The van der Waals surface area contributed by atoms with E-state index in [0.29, 0.717) is 0 Å². The average Bonchev–Trinajstić information content (AvgIpc) is 1.89. The second-order valence-corrected chi connectivity index (χ2v) is 4.54. The normalized spacial score (nSPS) is 9.89. The minimum Gasteiger partial charge on any atom is -0.330 e. The summed E-state index contributed by atoms with van der Waals surface area (Å²) in [6.45, 7) is 4.27. The molecule has 1 nitrogen and oxygen atoms in total. The van der Waals surface area contributed by atoms with Crippen molar-refractivity contribution in [3.63, 3.8) is 0 Å². The van der Waals surface area contributed by atoms with E-state index in [9.17, 15) is 0 Å². The van der Waals surface area contributed by atoms with Gasteiger partial charge in [-0.15, -0.1) is 17.1 Å². The van der Waals surface area contributed by atoms with Gasteiger partial charge in [-0.1, -0.05) is 14.4 Å². The molecule has 0 amide bonds. The van der Waals surface area contributed by atoms with Gasteiger partial charge >= 0.3 is 0 Å². The van der Waals surface area contributed by atoms with E-state index < -0.39 is 0 Å². The van der Waals surface area contributed by atoms with Crippen LogP contribution < -0.4 is 5.73 Å². The second kappa shape index (κ2) is 8.26. The van der Waals surface area contributed by atoms with Crippen LogP contribution in [0.15, 0.2) is 18.4 Å². The van der Waals surface area contributed by atoms with Crippen LogP contribution in [0.1, 0.15) is 0 Å². The summed E-state index contributed by atoms with van der Waals surface area (Å²) in [6, 6.07) is 0. The summed E-state index contributed by atoms with van der Waals surface area (Å²) in [7, 11) is 0.935. The molecule has 0 aromatic carbocycles. The summed E-state index contributed by atoms with van der Waals surface area (Å²) < 4.78 is 0. The molecule has 0 aliphatic rings. The summed E-state index contributed by atoms with van der Waals surface area (Å²) in [4.78, 5) is 0. The lowest BCUT2D eigenvalue weighted by Crippen LogP contribution is -1.98. The Hall–Kier alpha value is 0.260. The highest BCUT2D eigenvalue weighted by molar-refractivity contribution is 8.49. The first-order valence-corrected chi connectivity index (χ1v) is 5.72. The van der Waals surface area contributed by atoms with Gasteiger partial charge in [-0.2, -0.15) is 0 Å². The van der Waals surface area contributed by atoms with Gasteiger partial charge in [0.25, 0.3) is 0 Å². The van der Waals surface area contributed by atoms with Crippen molar-refractivity contribution in [3.8, 4) is 0 Å². The van der Waals surface area contributed by atoms with Crippen LogP contribution in [-0.2, 0) is 0 Å². The Morgan fingerprint density at radius 1 is 1.78 bits per heavy atom. The molecule has 3 heteroatoms. The van der Waals surface area contributed by atoms with Crippen molar-refractivity contribution in [1.29, 1.82) is 0 Å². The molecule has 0 aromatic rings. The maximum absolute atomic E-state index is 5.30. The van der Waals surface area contributed by atoms with E-state index in [1.165, 1.54) is 0 Å². The van der Waals surface area contributed by atoms with E-state index in [1.807, 2.05) is 17.5 Å². The Labute approximate surface area is 62.3 Å². The van der Waals surface area contributed by atoms with E-state index in [4.69, 9.17) is 5.73 Å². The molecule has 2 N–H and O–H groups in total. The number of hydrogen-bond donors (Lipinski definition) is 1. The molecular weight excluding hydrogens is 149 g/mol. The third-order valence-electron chi connectivity index (χ3n) is 0.659. The Morgan fingerprint density at radius 2 is 2.56 bits per heavy atom. The molecule has 0 rings (SSSR count). The molecule has 0 heterocycles. The van der Waals surface area contributed by atoms with Gasteiger partial charge in [0, 0.05) is 5.75 Å². The van der Waals surface area contributed by atoms with E-state index in [-0.39, 0.29) is 0 Å². The van der Waals surface area contributed by atoms with Gasteiger partial charge in [-0.3, -0.25) is 0 Å². The van der Waals surface area contributed by atoms with Crippen LogP contribution in [0.2, 0.25) is 0 Å². The average molecular weight is 161 g/mol. The molecule has 1 unspecified atom stereocenters. The molecule has 0 spiro atoms. The fourth-order valence-corrected chi connectivity index (χ4v) is 2.26. The Morgan fingerprint density at radius 3 is 3.11 bits per heavy atom. The second-order valence-electron chi connectivity index (χ2n) is 1.40. The quantitative estimate of drug-likeness (QED) is 0.376. The molecule has 0 radical (unpaired) electrons. The molecule has 0 saturated carbocycles. The Bertz CT molecular complexity index is 99.2. The van der Waals surface area contributed by atoms with Crippen LogP contribution in [0.5, 0.6) is 0 Å². The maximum Gasteiger partial charge on any atom is 0.0227 e. The van der Waals surface area contributed by atoms with Crippen molar-refractivity contribution in [2.75, 3.05) is 18.5 Å². The lowest BCUT2D eigenvalue weighted by atomic mass is 10.7. The molecule has 0 aliphatic carbocycles. The molecule has 0 bridgehead atoms. The van der Waals surface area contributed by atoms with E-state index in [2.05, 4.69) is 12.3 Å². The fraction of sp³-hybridized carbons (Fsp3) is 0.500. The standard InChI is InChI=1S/C6H12NPS/c1-2-3-6-9-8-5-4-7/h3,8H,1,4-7H2. The first-order valence-electron chi connectivity index (χ1n) is 2.81. The summed E-state index contributed by atoms with van der Waals surface area (Å²) in [5.41, 5.74) is 8.02. The molecule has 9 heavy (non-hydrogen) atoms. The van der Waals surface area contributed by atoms with Crippen LogP contribution in [0.25, 0.3) is 0 Å². The van der Waals surface area contributed by atoms with Crippen molar-refractivity contribution >= 4 is 19.2 Å². The number of nitrogens with two attached hydrogens (primary N) is 1. The largest absolute Gasteiger partial charge is 0.330 e. The van der Waals surface area contributed by atoms with Gasteiger partial charge in [0.15, 0.2) is 0 Å². The van der Waals surface area contributed by atoms with Crippen molar-refractivity contribution in [3.05, 3.63) is 18.4 Å². The van der Waals surface area contributed by atoms with Gasteiger partial charge in [0.05, 0.1) is 0 Å². The first kappa shape index (κ1) is 9.26. The van der Waals surface area contributed by atoms with E-state index in [1.54, 1.807) is 0 Å². The predicted octanol–water partition coefficient (Wildman–Crippen LogP) is 1.61. The summed E-state index contributed by atoms with van der Waals surface area (Å²) in [6.07, 6.45) is 3.07. The van der Waals surface area contributed by atoms with Crippen molar-refractivity contribution in [2.45, 2.75) is 0 Å². The van der Waals surface area contributed by atoms with Gasteiger partial charge < -0.3 is 5.73 Å². The lowest BCUT2D eigenvalue weighted by molar-refractivity contribution is 1.15. The smallest absolute Gasteiger partial charge is 0.0227 e. The van der Waals surface area contributed by atoms with Crippen LogP contribution in [0.4, 0.5) is 0 Å². The van der Waals surface area contributed by atoms with E-state index in [0.717, 1.165) is 26.2 Å². The number of hydrogen-bond acceptors (Lipinski definition) is 2. The Balaban J connectivity index is 2.82. The minimum absolute atomic E-state index is 0.809. The predicted molar refractivity (Wildman–Crippen MR) is 48.4 cm³/mol. The van der Waals surface area contributed by atoms with Crippen LogP contribution >= 0.6 is 19.2 Å². The monoisotopic (exact) mass is 161 g/mol. The molecule has 0 fully saturated rings. The molecule has 0 saturated heterocycles. The van der Waals surface area contributed by atoms with Gasteiger partial charge in [0.1, 0.15) is 0 Å². The highest BCUT2D eigenvalue weighted by Gasteiger charge is 1.81. The summed E-state index contributed by atoms with van der Waals surface area (Å²) >= 11 is 1.89. The molecule has 0 aromatic heterocycles. The summed E-state index contributed by atoms with van der Waals surface area (Å²) in [5.74, 6) is 1.03. The molecule has 52 valence electrons. The summed E-state index contributed by atoms with van der Waals surface area (Å²) in [5, 5.41) is 0. The molecule has 0 aliphatic heterocycles. The third-order valence-corrected chi connectivity index (χ3v) is 3.41. The van der Waals surface area contributed by atoms with Crippen molar-refractivity contribution < 1.29 is 0 Å². The zero-order chi connectivity index (χ0) is 6.95. The van der Waals surface area contributed by atoms with Crippen LogP contribution in [0, 0.1) is 0 Å². The molecule has 1 atom stereocenters. The fourth-order valence-electron chi connectivity index (χ4n) is 0.291. The van der Waals surface area contributed by atoms with Gasteiger partial charge in [-0.25, -0.2) is 0 Å². The van der Waals surface area contributed by atoms with Crippen LogP contribution in [0.3, 0.4) is 0 Å². The van der Waals surface area contributed by atoms with Gasteiger partial charge in [0.2, 0.25) is 0 Å². The molecular formula is C6H12NPS. The SMILES string of the molecule is C=C=CCSPCCN.